The van der Waals surface area contributed by atoms with Gasteiger partial charge >= 0.3 is 6.18 Å². The maximum Gasteiger partial charge on any atom is 0.417 e. The number of pyridine rings is 1. The number of amides is 1. The number of aromatic nitrogens is 3. The Labute approximate surface area is 144 Å². The molecule has 0 aromatic carbocycles. The molecule has 8 heteroatoms. The molecule has 0 radical (unpaired) electrons. The van der Waals surface area contributed by atoms with Gasteiger partial charge in [-0.3, -0.25) is 4.79 Å². The predicted octanol–water partition coefficient (Wildman–Crippen LogP) is 3.90. The minimum atomic E-state index is -4.44. The highest BCUT2D eigenvalue weighted by atomic mass is 19.4. The summed E-state index contributed by atoms with van der Waals surface area (Å²) in [5.74, 6) is -0.0142. The fraction of sp³-hybridized carbons (Fsp3) is 0.471. The smallest absolute Gasteiger partial charge is 0.352 e. The van der Waals surface area contributed by atoms with Crippen molar-refractivity contribution >= 4 is 5.91 Å². The number of nitrogens with one attached hydrogen (secondary N) is 1. The van der Waals surface area contributed by atoms with E-state index in [2.05, 4.69) is 22.3 Å². The Hall–Kier alpha value is -2.38. The highest BCUT2D eigenvalue weighted by Gasteiger charge is 2.30. The second kappa shape index (κ2) is 8.13. The molecule has 25 heavy (non-hydrogen) atoms. The summed E-state index contributed by atoms with van der Waals surface area (Å²) >= 11 is 0. The van der Waals surface area contributed by atoms with Crippen LogP contribution in [0.5, 0.6) is 0 Å². The molecule has 0 saturated carbocycles. The van der Waals surface area contributed by atoms with Crippen molar-refractivity contribution in [2.45, 2.75) is 45.7 Å². The average Bonchev–Trinajstić information content (AvgIpc) is 2.95. The fourth-order valence-electron chi connectivity index (χ4n) is 2.39. The molecular weight excluding hydrogens is 333 g/mol. The number of unbranched alkanes of at least 4 members (excludes halogenated alkanes) is 3. The van der Waals surface area contributed by atoms with Crippen molar-refractivity contribution in [3.05, 3.63) is 41.3 Å². The molecular formula is C17H21F3N4O. The van der Waals surface area contributed by atoms with Gasteiger partial charge in [0.15, 0.2) is 5.82 Å². The molecule has 5 nitrogen and oxygen atoms in total. The summed E-state index contributed by atoms with van der Waals surface area (Å²) in [6.07, 6.45) is 1.94. The van der Waals surface area contributed by atoms with E-state index in [0.29, 0.717) is 17.8 Å². The number of rotatable bonds is 7. The van der Waals surface area contributed by atoms with Crippen molar-refractivity contribution in [3.8, 4) is 5.82 Å². The SMILES string of the molecule is CCCCCCNC(=O)c1cnn(-c2ccc(C(F)(F)F)cn2)c1C. The van der Waals surface area contributed by atoms with Crippen molar-refractivity contribution in [3.63, 3.8) is 0 Å². The van der Waals surface area contributed by atoms with Gasteiger partial charge in [-0.25, -0.2) is 9.67 Å². The van der Waals surface area contributed by atoms with Crippen LogP contribution >= 0.6 is 0 Å². The quantitative estimate of drug-likeness (QED) is 0.767. The van der Waals surface area contributed by atoms with Crippen molar-refractivity contribution in [1.82, 2.24) is 20.1 Å². The second-order valence-corrected chi connectivity index (χ2v) is 5.77. The lowest BCUT2D eigenvalue weighted by Crippen LogP contribution is -2.24. The van der Waals surface area contributed by atoms with Gasteiger partial charge in [0.25, 0.3) is 5.91 Å². The summed E-state index contributed by atoms with van der Waals surface area (Å²) in [5, 5.41) is 6.90. The summed E-state index contributed by atoms with van der Waals surface area (Å²) in [4.78, 5) is 16.0. The molecule has 0 spiro atoms. The maximum atomic E-state index is 12.6. The van der Waals surface area contributed by atoms with E-state index in [1.54, 1.807) is 6.92 Å². The topological polar surface area (TPSA) is 59.8 Å². The standard InChI is InChI=1S/C17H21F3N4O/c1-3-4-5-6-9-21-16(25)14-11-23-24(12(14)2)15-8-7-13(10-22-15)17(18,19)20/h7-8,10-11H,3-6,9H2,1-2H3,(H,21,25). The van der Waals surface area contributed by atoms with Crippen LogP contribution in [0.25, 0.3) is 5.82 Å². The summed E-state index contributed by atoms with van der Waals surface area (Å²) in [7, 11) is 0. The van der Waals surface area contributed by atoms with E-state index in [4.69, 9.17) is 0 Å². The summed E-state index contributed by atoms with van der Waals surface area (Å²) < 4.78 is 39.1. The van der Waals surface area contributed by atoms with E-state index in [1.807, 2.05) is 0 Å². The largest absolute Gasteiger partial charge is 0.417 e. The van der Waals surface area contributed by atoms with Crippen LogP contribution < -0.4 is 5.32 Å². The van der Waals surface area contributed by atoms with E-state index < -0.39 is 11.7 Å². The molecule has 1 N–H and O–H groups in total. The molecule has 2 heterocycles. The number of carbonyl (C=O) groups excluding carboxylic acids is 1. The van der Waals surface area contributed by atoms with Crippen LogP contribution in [0.1, 0.15) is 54.2 Å². The Morgan fingerprint density at radius 3 is 2.56 bits per heavy atom. The molecule has 0 bridgehead atoms. The first-order valence-electron chi connectivity index (χ1n) is 8.21. The Kier molecular flexibility index (Phi) is 6.17. The number of carbonyl (C=O) groups is 1. The van der Waals surface area contributed by atoms with Gasteiger partial charge in [-0.2, -0.15) is 18.3 Å². The molecule has 0 aliphatic heterocycles. The van der Waals surface area contributed by atoms with Gasteiger partial charge in [-0.1, -0.05) is 26.2 Å². The number of nitrogens with zero attached hydrogens (tertiary/aromatic N) is 3. The maximum absolute atomic E-state index is 12.6. The average molecular weight is 354 g/mol. The number of hydrogen-bond donors (Lipinski definition) is 1. The summed E-state index contributed by atoms with van der Waals surface area (Å²) in [6.45, 7) is 4.38. The zero-order valence-corrected chi connectivity index (χ0v) is 14.2. The van der Waals surface area contributed by atoms with Gasteiger partial charge < -0.3 is 5.32 Å². The Bertz CT molecular complexity index is 708. The monoisotopic (exact) mass is 354 g/mol. The van der Waals surface area contributed by atoms with E-state index in [-0.39, 0.29) is 11.7 Å². The van der Waals surface area contributed by atoms with Gasteiger partial charge in [0.2, 0.25) is 0 Å². The lowest BCUT2D eigenvalue weighted by molar-refractivity contribution is -0.137. The Balaban J connectivity index is 2.06. The van der Waals surface area contributed by atoms with Crippen molar-refractivity contribution in [1.29, 1.82) is 0 Å². The van der Waals surface area contributed by atoms with Crippen LogP contribution in [0.3, 0.4) is 0 Å². The molecule has 136 valence electrons. The van der Waals surface area contributed by atoms with Gasteiger partial charge in [0.05, 0.1) is 23.0 Å². The molecule has 0 unspecified atom stereocenters. The van der Waals surface area contributed by atoms with Crippen LogP contribution in [0, 0.1) is 6.92 Å². The van der Waals surface area contributed by atoms with E-state index >= 15 is 0 Å². The normalized spacial score (nSPS) is 11.6. The predicted molar refractivity (Wildman–Crippen MR) is 87.6 cm³/mol. The van der Waals surface area contributed by atoms with Crippen molar-refractivity contribution in [2.24, 2.45) is 0 Å². The number of alkyl halides is 3. The minimum absolute atomic E-state index is 0.229. The van der Waals surface area contributed by atoms with Crippen LogP contribution in [0.2, 0.25) is 0 Å². The van der Waals surface area contributed by atoms with Crippen LogP contribution in [0.15, 0.2) is 24.5 Å². The van der Waals surface area contributed by atoms with Gasteiger partial charge in [0, 0.05) is 12.7 Å². The third-order valence-corrected chi connectivity index (χ3v) is 3.86. The minimum Gasteiger partial charge on any atom is -0.352 e. The van der Waals surface area contributed by atoms with Crippen LogP contribution in [-0.2, 0) is 6.18 Å². The fourth-order valence-corrected chi connectivity index (χ4v) is 2.39. The molecule has 2 aromatic heterocycles. The number of hydrogen-bond acceptors (Lipinski definition) is 3. The lowest BCUT2D eigenvalue weighted by atomic mass is 10.2. The van der Waals surface area contributed by atoms with Crippen LogP contribution in [-0.4, -0.2) is 27.2 Å². The van der Waals surface area contributed by atoms with Gasteiger partial charge in [-0.05, 0) is 25.5 Å². The van der Waals surface area contributed by atoms with E-state index in [9.17, 15) is 18.0 Å². The molecule has 0 aliphatic carbocycles. The van der Waals surface area contributed by atoms with Crippen molar-refractivity contribution in [2.75, 3.05) is 6.54 Å². The molecule has 0 fully saturated rings. The zero-order chi connectivity index (χ0) is 18.4. The first-order chi connectivity index (χ1) is 11.8. The molecule has 2 rings (SSSR count). The third kappa shape index (κ3) is 4.80. The molecule has 0 aliphatic rings. The second-order valence-electron chi connectivity index (χ2n) is 5.77. The Morgan fingerprint density at radius 1 is 1.20 bits per heavy atom. The van der Waals surface area contributed by atoms with Gasteiger partial charge in [-0.15, -0.1) is 0 Å². The number of halogens is 3. The third-order valence-electron chi connectivity index (χ3n) is 3.86. The molecule has 0 atom stereocenters. The first kappa shape index (κ1) is 19.0. The lowest BCUT2D eigenvalue weighted by Gasteiger charge is -2.08. The van der Waals surface area contributed by atoms with E-state index in [1.165, 1.54) is 16.9 Å². The highest BCUT2D eigenvalue weighted by molar-refractivity contribution is 5.95. The molecule has 1 amide bonds. The molecule has 2 aromatic rings. The highest BCUT2D eigenvalue weighted by Crippen LogP contribution is 2.28. The van der Waals surface area contributed by atoms with Crippen LogP contribution in [0.4, 0.5) is 13.2 Å². The van der Waals surface area contributed by atoms with E-state index in [0.717, 1.165) is 37.9 Å². The molecule has 0 saturated heterocycles. The Morgan fingerprint density at radius 2 is 1.96 bits per heavy atom. The first-order valence-corrected chi connectivity index (χ1v) is 8.21. The zero-order valence-electron chi connectivity index (χ0n) is 14.2. The van der Waals surface area contributed by atoms with Crippen molar-refractivity contribution < 1.29 is 18.0 Å². The summed E-state index contributed by atoms with van der Waals surface area (Å²) in [5.41, 5.74) is 0.0848. The van der Waals surface area contributed by atoms with Gasteiger partial charge in [0.1, 0.15) is 0 Å². The summed E-state index contributed by atoms with van der Waals surface area (Å²) in [6, 6.07) is 2.17.